The molecule has 0 aromatic heterocycles. The van der Waals surface area contributed by atoms with Crippen LogP contribution in [0.1, 0.15) is 0 Å². The van der Waals surface area contributed by atoms with Gasteiger partial charge in [0, 0.05) is 0 Å². The molecule has 0 amide bonds. The molecule has 0 heterocycles. The normalized spacial score (nSPS) is 18.4. The molecule has 11 heavy (non-hydrogen) atoms. The van der Waals surface area contributed by atoms with E-state index in [0.717, 1.165) is 10.4 Å². The van der Waals surface area contributed by atoms with Crippen molar-refractivity contribution in [2.45, 2.75) is 5.79 Å². The van der Waals surface area contributed by atoms with Gasteiger partial charge >= 0.3 is 0 Å². The Labute approximate surface area is 63.7 Å². The Morgan fingerprint density at radius 2 is 1.36 bits per heavy atom. The van der Waals surface area contributed by atoms with Gasteiger partial charge in [-0.3, -0.25) is 0 Å². The highest BCUT2D eigenvalue weighted by molar-refractivity contribution is 5.56. The summed E-state index contributed by atoms with van der Waals surface area (Å²) in [4.78, 5) is 0. The lowest BCUT2D eigenvalue weighted by Crippen LogP contribution is -2.19. The molecular formula is C9H8O2. The van der Waals surface area contributed by atoms with Gasteiger partial charge in [0.15, 0.2) is 0 Å². The molecule has 2 N–H and O–H groups in total. The van der Waals surface area contributed by atoms with Crippen molar-refractivity contribution in [3.05, 3.63) is 34.7 Å². The second kappa shape index (κ2) is 1.94. The van der Waals surface area contributed by atoms with E-state index in [4.69, 9.17) is 10.2 Å². The standard InChI is InChI=1S/C9H8O2/c10-9(11)5-7-3-1-2-4-8(7)6-9/h1-6,10-11H. The highest BCUT2D eigenvalue weighted by Crippen LogP contribution is 2.04. The third-order valence-corrected chi connectivity index (χ3v) is 1.73. The zero-order valence-corrected chi connectivity index (χ0v) is 5.86. The molecule has 0 bridgehead atoms. The van der Waals surface area contributed by atoms with E-state index in [2.05, 4.69) is 0 Å². The van der Waals surface area contributed by atoms with Crippen molar-refractivity contribution in [3.63, 3.8) is 0 Å². The molecule has 0 unspecified atom stereocenters. The summed E-state index contributed by atoms with van der Waals surface area (Å²) in [5.74, 6) is -1.75. The van der Waals surface area contributed by atoms with Crippen LogP contribution in [0.4, 0.5) is 0 Å². The SMILES string of the molecule is OC1(O)C=c2ccccc2=C1. The van der Waals surface area contributed by atoms with E-state index in [1.165, 1.54) is 12.2 Å². The summed E-state index contributed by atoms with van der Waals surface area (Å²) in [5.41, 5.74) is 0. The molecular weight excluding hydrogens is 140 g/mol. The molecule has 0 radical (unpaired) electrons. The topological polar surface area (TPSA) is 40.5 Å². The molecule has 1 aromatic rings. The van der Waals surface area contributed by atoms with Gasteiger partial charge in [-0.05, 0) is 22.6 Å². The Morgan fingerprint density at radius 3 is 1.82 bits per heavy atom. The van der Waals surface area contributed by atoms with E-state index in [-0.39, 0.29) is 0 Å². The maximum absolute atomic E-state index is 9.16. The number of fused-ring (bicyclic) bond motifs is 1. The number of rotatable bonds is 0. The Morgan fingerprint density at radius 1 is 0.909 bits per heavy atom. The summed E-state index contributed by atoms with van der Waals surface area (Å²) in [6.07, 6.45) is 2.84. The minimum Gasteiger partial charge on any atom is -0.359 e. The van der Waals surface area contributed by atoms with Crippen molar-refractivity contribution < 1.29 is 10.2 Å². The average Bonchev–Trinajstić information content (AvgIpc) is 2.21. The average molecular weight is 148 g/mol. The van der Waals surface area contributed by atoms with Crippen LogP contribution in [-0.2, 0) is 0 Å². The van der Waals surface area contributed by atoms with Gasteiger partial charge in [0.1, 0.15) is 0 Å². The van der Waals surface area contributed by atoms with Crippen LogP contribution in [-0.4, -0.2) is 16.0 Å². The van der Waals surface area contributed by atoms with E-state index < -0.39 is 5.79 Å². The van der Waals surface area contributed by atoms with E-state index in [1.54, 1.807) is 0 Å². The van der Waals surface area contributed by atoms with Crippen molar-refractivity contribution in [2.75, 3.05) is 0 Å². The second-order valence-electron chi connectivity index (χ2n) is 2.70. The first-order valence-corrected chi connectivity index (χ1v) is 3.43. The van der Waals surface area contributed by atoms with Gasteiger partial charge in [-0.25, -0.2) is 0 Å². The lowest BCUT2D eigenvalue weighted by Gasteiger charge is -2.06. The summed E-state index contributed by atoms with van der Waals surface area (Å²) < 4.78 is 0. The summed E-state index contributed by atoms with van der Waals surface area (Å²) >= 11 is 0. The first kappa shape index (κ1) is 6.58. The van der Waals surface area contributed by atoms with Crippen molar-refractivity contribution in [1.82, 2.24) is 0 Å². The molecule has 0 spiro atoms. The molecule has 0 saturated heterocycles. The second-order valence-corrected chi connectivity index (χ2v) is 2.70. The Kier molecular flexibility index (Phi) is 1.16. The molecule has 0 saturated carbocycles. The fourth-order valence-corrected chi connectivity index (χ4v) is 1.27. The lowest BCUT2D eigenvalue weighted by atomic mass is 10.3. The number of hydrogen-bond acceptors (Lipinski definition) is 2. The van der Waals surface area contributed by atoms with E-state index in [0.29, 0.717) is 0 Å². The van der Waals surface area contributed by atoms with Crippen LogP contribution in [0.2, 0.25) is 0 Å². The molecule has 2 rings (SSSR count). The van der Waals surface area contributed by atoms with Gasteiger partial charge in [0.25, 0.3) is 0 Å². The summed E-state index contributed by atoms with van der Waals surface area (Å²) in [6.45, 7) is 0. The largest absolute Gasteiger partial charge is 0.359 e. The third-order valence-electron chi connectivity index (χ3n) is 1.73. The molecule has 0 aliphatic heterocycles. The number of hydrogen-bond donors (Lipinski definition) is 2. The summed E-state index contributed by atoms with van der Waals surface area (Å²) in [5, 5.41) is 20.1. The third kappa shape index (κ3) is 1.06. The molecule has 1 aliphatic rings. The molecule has 0 fully saturated rings. The van der Waals surface area contributed by atoms with Gasteiger partial charge in [-0.15, -0.1) is 0 Å². The van der Waals surface area contributed by atoms with E-state index >= 15 is 0 Å². The first-order valence-electron chi connectivity index (χ1n) is 3.43. The van der Waals surface area contributed by atoms with Crippen molar-refractivity contribution >= 4 is 12.2 Å². The van der Waals surface area contributed by atoms with Crippen LogP contribution < -0.4 is 10.4 Å². The monoisotopic (exact) mass is 148 g/mol. The molecule has 2 nitrogen and oxygen atoms in total. The molecule has 1 aliphatic carbocycles. The van der Waals surface area contributed by atoms with Gasteiger partial charge in [-0.1, -0.05) is 24.3 Å². The van der Waals surface area contributed by atoms with Gasteiger partial charge in [0.2, 0.25) is 5.79 Å². The maximum atomic E-state index is 9.16. The lowest BCUT2D eigenvalue weighted by molar-refractivity contribution is -0.0438. The smallest absolute Gasteiger partial charge is 0.204 e. The Bertz CT molecular complexity index is 353. The van der Waals surface area contributed by atoms with Gasteiger partial charge in [0.05, 0.1) is 0 Å². The van der Waals surface area contributed by atoms with Crippen LogP contribution in [0.5, 0.6) is 0 Å². The van der Waals surface area contributed by atoms with Crippen molar-refractivity contribution in [2.24, 2.45) is 0 Å². The Balaban J connectivity index is 2.81. The summed E-state index contributed by atoms with van der Waals surface area (Å²) in [7, 11) is 0. The highest BCUT2D eigenvalue weighted by atomic mass is 16.5. The fraction of sp³-hybridized carbons (Fsp3) is 0.111. The zero-order chi connectivity index (χ0) is 7.90. The number of benzene rings is 1. The van der Waals surface area contributed by atoms with Crippen LogP contribution in [0.25, 0.3) is 12.2 Å². The predicted molar refractivity (Wildman–Crippen MR) is 41.8 cm³/mol. The van der Waals surface area contributed by atoms with Gasteiger partial charge < -0.3 is 10.2 Å². The van der Waals surface area contributed by atoms with Crippen LogP contribution in [0.15, 0.2) is 24.3 Å². The molecule has 2 heteroatoms. The molecule has 1 aromatic carbocycles. The van der Waals surface area contributed by atoms with Crippen molar-refractivity contribution in [3.8, 4) is 0 Å². The van der Waals surface area contributed by atoms with Crippen LogP contribution in [0.3, 0.4) is 0 Å². The minimum atomic E-state index is -1.75. The minimum absolute atomic E-state index is 0.873. The van der Waals surface area contributed by atoms with E-state index in [1.807, 2.05) is 24.3 Å². The number of aliphatic hydroxyl groups is 2. The maximum Gasteiger partial charge on any atom is 0.204 e. The van der Waals surface area contributed by atoms with Gasteiger partial charge in [-0.2, -0.15) is 0 Å². The quantitative estimate of drug-likeness (QED) is 0.460. The molecule has 56 valence electrons. The molecule has 0 atom stereocenters. The van der Waals surface area contributed by atoms with Crippen LogP contribution in [0, 0.1) is 0 Å². The van der Waals surface area contributed by atoms with Crippen LogP contribution >= 0.6 is 0 Å². The van der Waals surface area contributed by atoms with Crippen molar-refractivity contribution in [1.29, 1.82) is 0 Å². The fourth-order valence-electron chi connectivity index (χ4n) is 1.27. The Hall–Kier alpha value is -1.12. The summed E-state index contributed by atoms with van der Waals surface area (Å²) in [6, 6.07) is 7.43. The zero-order valence-electron chi connectivity index (χ0n) is 5.86. The van der Waals surface area contributed by atoms with E-state index in [9.17, 15) is 0 Å². The predicted octanol–water partition coefficient (Wildman–Crippen LogP) is -1.06. The highest BCUT2D eigenvalue weighted by Gasteiger charge is 2.18. The first-order chi connectivity index (χ1) is 5.17.